The Balaban J connectivity index is 1.80. The number of sulfonamides is 1. The minimum absolute atomic E-state index is 0.00822. The van der Waals surface area contributed by atoms with Crippen LogP contribution in [0.5, 0.6) is 0 Å². The Kier molecular flexibility index (Phi) is 10.7. The molecule has 4 aromatic carbocycles. The van der Waals surface area contributed by atoms with Gasteiger partial charge in [-0.3, -0.25) is 13.9 Å². The highest BCUT2D eigenvalue weighted by molar-refractivity contribution is 7.92. The van der Waals surface area contributed by atoms with Crippen LogP contribution in [0.15, 0.2) is 91.0 Å². The van der Waals surface area contributed by atoms with Crippen molar-refractivity contribution in [3.8, 4) is 0 Å². The maximum Gasteiger partial charge on any atom is 0.244 e. The van der Waals surface area contributed by atoms with Crippen molar-refractivity contribution in [3.63, 3.8) is 0 Å². The molecule has 4 aromatic rings. The van der Waals surface area contributed by atoms with Gasteiger partial charge >= 0.3 is 0 Å². The van der Waals surface area contributed by atoms with Crippen molar-refractivity contribution in [3.05, 3.63) is 112 Å². The second-order valence-electron chi connectivity index (χ2n) is 10.6. The molecule has 1 N–H and O–H groups in total. The number of hydrogen-bond acceptors (Lipinski definition) is 4. The second kappa shape index (κ2) is 14.3. The molecule has 0 unspecified atom stereocenters. The number of carbonyl (C=O) groups excluding carboxylic acids is 2. The summed E-state index contributed by atoms with van der Waals surface area (Å²) < 4.78 is 27.5. The molecule has 10 heteroatoms. The number of rotatable bonds is 12. The molecule has 2 atom stereocenters. The van der Waals surface area contributed by atoms with Crippen LogP contribution in [-0.2, 0) is 32.6 Å². The molecule has 0 aromatic heterocycles. The zero-order valence-corrected chi connectivity index (χ0v) is 26.7. The van der Waals surface area contributed by atoms with E-state index in [1.807, 2.05) is 74.5 Å². The second-order valence-corrected chi connectivity index (χ2v) is 13.3. The average Bonchev–Trinajstić information content (AvgIpc) is 2.99. The molecule has 0 aliphatic carbocycles. The highest BCUT2D eigenvalue weighted by Crippen LogP contribution is 2.29. The molecule has 0 heterocycles. The lowest BCUT2D eigenvalue weighted by Gasteiger charge is -2.34. The number of nitrogens with one attached hydrogen (secondary N) is 1. The fraction of sp³-hybridized carbons (Fsp3) is 0.273. The van der Waals surface area contributed by atoms with Crippen LogP contribution in [0.1, 0.15) is 31.4 Å². The van der Waals surface area contributed by atoms with E-state index in [1.54, 1.807) is 30.3 Å². The maximum absolute atomic E-state index is 14.3. The van der Waals surface area contributed by atoms with Crippen molar-refractivity contribution >= 4 is 61.5 Å². The van der Waals surface area contributed by atoms with Crippen molar-refractivity contribution in [2.75, 3.05) is 17.1 Å². The van der Waals surface area contributed by atoms with Crippen molar-refractivity contribution in [1.29, 1.82) is 0 Å². The lowest BCUT2D eigenvalue weighted by molar-refractivity contribution is -0.140. The van der Waals surface area contributed by atoms with E-state index >= 15 is 0 Å². The molecule has 0 saturated heterocycles. The molecule has 7 nitrogen and oxygen atoms in total. The minimum Gasteiger partial charge on any atom is -0.352 e. The molecule has 0 saturated carbocycles. The van der Waals surface area contributed by atoms with E-state index in [9.17, 15) is 18.0 Å². The van der Waals surface area contributed by atoms with Gasteiger partial charge < -0.3 is 10.2 Å². The lowest BCUT2D eigenvalue weighted by atomic mass is 10.0. The normalized spacial score (nSPS) is 12.9. The van der Waals surface area contributed by atoms with Crippen molar-refractivity contribution in [2.24, 2.45) is 0 Å². The van der Waals surface area contributed by atoms with E-state index in [2.05, 4.69) is 5.32 Å². The number of hydrogen-bond donors (Lipinski definition) is 1. The molecular weight excluding hydrogens is 605 g/mol. The quantitative estimate of drug-likeness (QED) is 0.193. The average molecular weight is 641 g/mol. The van der Waals surface area contributed by atoms with Crippen LogP contribution in [-0.4, -0.2) is 50.0 Å². The van der Waals surface area contributed by atoms with Crippen LogP contribution in [0.4, 0.5) is 5.69 Å². The third-order valence-electron chi connectivity index (χ3n) is 7.32. The minimum atomic E-state index is -3.90. The van der Waals surface area contributed by atoms with Gasteiger partial charge in [-0.05, 0) is 48.1 Å². The molecule has 226 valence electrons. The summed E-state index contributed by atoms with van der Waals surface area (Å²) in [6, 6.07) is 26.1. The Morgan fingerprint density at radius 3 is 2.21 bits per heavy atom. The fourth-order valence-electron chi connectivity index (χ4n) is 4.85. The van der Waals surface area contributed by atoms with Gasteiger partial charge in [0.1, 0.15) is 12.6 Å². The first-order valence-corrected chi connectivity index (χ1v) is 16.6. The predicted octanol–water partition coefficient (Wildman–Crippen LogP) is 6.47. The standard InChI is InChI=1S/C33H35Cl2N3O4S/c1-4-23(2)36-33(40)31(20-24-11-6-5-7-12-24)37(21-25-17-18-28(34)29(35)19-25)32(39)22-38(43(3,41)42)30-16-10-14-26-13-8-9-15-27(26)30/h5-19,23,31H,4,20-22H2,1-3H3,(H,36,40)/t23-,31-/m0/s1. The van der Waals surface area contributed by atoms with E-state index < -0.39 is 28.5 Å². The van der Waals surface area contributed by atoms with Gasteiger partial charge in [0.25, 0.3) is 0 Å². The van der Waals surface area contributed by atoms with Crippen LogP contribution in [0, 0.1) is 0 Å². The van der Waals surface area contributed by atoms with E-state index in [0.717, 1.165) is 21.5 Å². The topological polar surface area (TPSA) is 86.8 Å². The summed E-state index contributed by atoms with van der Waals surface area (Å²) >= 11 is 12.5. The Labute approximate surface area is 263 Å². The van der Waals surface area contributed by atoms with Gasteiger partial charge in [0, 0.05) is 24.4 Å². The summed E-state index contributed by atoms with van der Waals surface area (Å²) in [7, 11) is -3.90. The number of amides is 2. The van der Waals surface area contributed by atoms with E-state index in [-0.39, 0.29) is 24.9 Å². The number of carbonyl (C=O) groups is 2. The molecule has 0 radical (unpaired) electrons. The van der Waals surface area contributed by atoms with E-state index in [4.69, 9.17) is 23.2 Å². The predicted molar refractivity (Wildman–Crippen MR) is 175 cm³/mol. The van der Waals surface area contributed by atoms with Crippen molar-refractivity contribution in [2.45, 2.75) is 45.3 Å². The fourth-order valence-corrected chi connectivity index (χ4v) is 6.03. The van der Waals surface area contributed by atoms with Gasteiger partial charge in [-0.25, -0.2) is 8.42 Å². The van der Waals surface area contributed by atoms with Crippen LogP contribution in [0.25, 0.3) is 10.8 Å². The van der Waals surface area contributed by atoms with Crippen LogP contribution in [0.2, 0.25) is 10.0 Å². The summed E-state index contributed by atoms with van der Waals surface area (Å²) in [5.74, 6) is -0.868. The Bertz CT molecular complexity index is 1690. The zero-order chi connectivity index (χ0) is 31.1. The van der Waals surface area contributed by atoms with Gasteiger partial charge in [0.15, 0.2) is 0 Å². The SMILES string of the molecule is CC[C@H](C)NC(=O)[C@H](Cc1ccccc1)N(Cc1ccc(Cl)c(Cl)c1)C(=O)CN(c1cccc2ccccc12)S(C)(=O)=O. The number of fused-ring (bicyclic) bond motifs is 1. The van der Waals surface area contributed by atoms with Crippen molar-refractivity contribution in [1.82, 2.24) is 10.2 Å². The Morgan fingerprint density at radius 2 is 1.53 bits per heavy atom. The number of anilines is 1. The van der Waals surface area contributed by atoms with Crippen LogP contribution in [0.3, 0.4) is 0 Å². The lowest BCUT2D eigenvalue weighted by Crippen LogP contribution is -2.54. The maximum atomic E-state index is 14.3. The van der Waals surface area contributed by atoms with Gasteiger partial charge in [-0.15, -0.1) is 0 Å². The van der Waals surface area contributed by atoms with Crippen molar-refractivity contribution < 1.29 is 18.0 Å². The molecule has 0 bridgehead atoms. The van der Waals surface area contributed by atoms with Crippen LogP contribution < -0.4 is 9.62 Å². The monoisotopic (exact) mass is 639 g/mol. The molecular formula is C33H35Cl2N3O4S. The van der Waals surface area contributed by atoms with E-state index in [1.165, 1.54) is 4.90 Å². The zero-order valence-electron chi connectivity index (χ0n) is 24.3. The molecule has 0 aliphatic heterocycles. The first-order valence-electron chi connectivity index (χ1n) is 14.0. The third kappa shape index (κ3) is 8.28. The summed E-state index contributed by atoms with van der Waals surface area (Å²) in [6.45, 7) is 3.36. The number of benzene rings is 4. The first kappa shape index (κ1) is 32.3. The van der Waals surface area contributed by atoms with Gasteiger partial charge in [-0.2, -0.15) is 0 Å². The van der Waals surface area contributed by atoms with Crippen LogP contribution >= 0.6 is 23.2 Å². The molecule has 43 heavy (non-hydrogen) atoms. The molecule has 0 aliphatic rings. The summed E-state index contributed by atoms with van der Waals surface area (Å²) in [5.41, 5.74) is 1.88. The highest BCUT2D eigenvalue weighted by Gasteiger charge is 2.33. The van der Waals surface area contributed by atoms with Gasteiger partial charge in [0.2, 0.25) is 21.8 Å². The van der Waals surface area contributed by atoms with Gasteiger partial charge in [-0.1, -0.05) is 103 Å². The van der Waals surface area contributed by atoms with Gasteiger partial charge in [0.05, 0.1) is 22.0 Å². The summed E-state index contributed by atoms with van der Waals surface area (Å²) in [6.07, 6.45) is 2.00. The Hall–Kier alpha value is -3.59. The Morgan fingerprint density at radius 1 is 0.860 bits per heavy atom. The molecule has 4 rings (SSSR count). The number of nitrogens with zero attached hydrogens (tertiary/aromatic N) is 2. The largest absolute Gasteiger partial charge is 0.352 e. The number of halogens is 2. The summed E-state index contributed by atoms with van der Waals surface area (Å²) in [5, 5.41) is 5.21. The van der Waals surface area contributed by atoms with E-state index in [0.29, 0.717) is 33.1 Å². The summed E-state index contributed by atoms with van der Waals surface area (Å²) in [4.78, 5) is 29.6. The third-order valence-corrected chi connectivity index (χ3v) is 9.19. The molecule has 0 spiro atoms. The smallest absolute Gasteiger partial charge is 0.244 e. The first-order chi connectivity index (χ1) is 20.5. The highest BCUT2D eigenvalue weighted by atomic mass is 35.5. The molecule has 0 fully saturated rings. The molecule has 2 amide bonds.